The molecule has 0 aliphatic rings. The number of rotatable bonds is 5. The van der Waals surface area contributed by atoms with Crippen molar-refractivity contribution < 1.29 is 76.2 Å². The van der Waals surface area contributed by atoms with E-state index in [1.807, 2.05) is 0 Å². The Morgan fingerprint density at radius 2 is 0.773 bits per heavy atom. The molecule has 138 valence electrons. The first-order valence-electron chi connectivity index (χ1n) is 4.19. The molecule has 0 aromatic rings. The minimum atomic E-state index is -5.46. The zero-order valence-electron chi connectivity index (χ0n) is 10.1. The SMILES string of the molecule is O=P(O)(O)O.O=P(O)(O)OP(=O)(O)OP(=O)(O)O.OCCO. The number of phosphoric acid groups is 4. The Hall–Kier alpha value is 0.440. The second kappa shape index (κ2) is 11.1. The summed E-state index contributed by atoms with van der Waals surface area (Å²) in [5.74, 6) is 0. The van der Waals surface area contributed by atoms with Crippen LogP contribution in [-0.4, -0.2) is 62.6 Å². The van der Waals surface area contributed by atoms with Crippen molar-refractivity contribution in [2.24, 2.45) is 0 Å². The van der Waals surface area contributed by atoms with Crippen molar-refractivity contribution in [2.75, 3.05) is 13.2 Å². The molecule has 10 N–H and O–H groups in total. The van der Waals surface area contributed by atoms with Crippen molar-refractivity contribution in [3.05, 3.63) is 0 Å². The van der Waals surface area contributed by atoms with Gasteiger partial charge in [0.15, 0.2) is 0 Å². The monoisotopic (exact) mass is 418 g/mol. The Bertz CT molecular complexity index is 424. The van der Waals surface area contributed by atoms with E-state index in [1.54, 1.807) is 0 Å². The highest BCUT2D eigenvalue weighted by Crippen LogP contribution is 2.64. The topological polar surface area (TPSA) is 289 Å². The largest absolute Gasteiger partial charge is 0.490 e. The van der Waals surface area contributed by atoms with Crippen LogP contribution >= 0.6 is 31.3 Å². The summed E-state index contributed by atoms with van der Waals surface area (Å²) in [5, 5.41) is 15.2. The molecule has 0 aliphatic carbocycles. The first-order valence-corrected chi connectivity index (χ1v) is 10.3. The van der Waals surface area contributed by atoms with Gasteiger partial charge in [-0.15, -0.1) is 0 Å². The van der Waals surface area contributed by atoms with Gasteiger partial charge in [0, 0.05) is 0 Å². The summed E-state index contributed by atoms with van der Waals surface area (Å²) >= 11 is 0. The number of aliphatic hydroxyl groups is 2. The predicted octanol–water partition coefficient (Wildman–Crippen LogP) is -2.65. The van der Waals surface area contributed by atoms with Crippen LogP contribution in [0.4, 0.5) is 0 Å². The highest BCUT2D eigenvalue weighted by Gasteiger charge is 2.38. The highest BCUT2D eigenvalue weighted by atomic mass is 31.3. The van der Waals surface area contributed by atoms with Gasteiger partial charge in [-0.1, -0.05) is 0 Å². The molecule has 20 heteroatoms. The Morgan fingerprint density at radius 1 is 0.591 bits per heavy atom. The van der Waals surface area contributed by atoms with Gasteiger partial charge in [-0.05, 0) is 0 Å². The lowest BCUT2D eigenvalue weighted by Crippen LogP contribution is -1.91. The molecule has 0 saturated heterocycles. The molecular formula is C2H14O16P4. The van der Waals surface area contributed by atoms with E-state index in [4.69, 9.17) is 53.9 Å². The third-order valence-corrected chi connectivity index (χ3v) is 3.87. The van der Waals surface area contributed by atoms with Gasteiger partial charge in [0.25, 0.3) is 0 Å². The van der Waals surface area contributed by atoms with Crippen LogP contribution in [0.15, 0.2) is 0 Å². The van der Waals surface area contributed by atoms with Crippen LogP contribution in [-0.2, 0) is 26.9 Å². The summed E-state index contributed by atoms with van der Waals surface area (Å²) in [6.45, 7) is -0.250. The third kappa shape index (κ3) is 42.8. The first kappa shape index (κ1) is 27.3. The van der Waals surface area contributed by atoms with Gasteiger partial charge in [0.05, 0.1) is 13.2 Å². The second-order valence-electron chi connectivity index (χ2n) is 2.57. The molecule has 22 heavy (non-hydrogen) atoms. The van der Waals surface area contributed by atoms with E-state index in [1.165, 1.54) is 0 Å². The van der Waals surface area contributed by atoms with E-state index < -0.39 is 31.3 Å². The predicted molar refractivity (Wildman–Crippen MR) is 64.5 cm³/mol. The van der Waals surface area contributed by atoms with Gasteiger partial charge in [-0.2, -0.15) is 8.62 Å². The van der Waals surface area contributed by atoms with Gasteiger partial charge in [-0.25, -0.2) is 18.3 Å². The van der Waals surface area contributed by atoms with Crippen molar-refractivity contribution in [1.29, 1.82) is 0 Å². The zero-order chi connectivity index (χ0) is 18.8. The van der Waals surface area contributed by atoms with E-state index in [9.17, 15) is 13.7 Å². The number of aliphatic hydroxyl groups excluding tert-OH is 2. The van der Waals surface area contributed by atoms with E-state index >= 15 is 0 Å². The van der Waals surface area contributed by atoms with Crippen LogP contribution < -0.4 is 0 Å². The molecular weight excluding hydrogens is 404 g/mol. The molecule has 16 nitrogen and oxygen atoms in total. The van der Waals surface area contributed by atoms with Crippen LogP contribution in [0.1, 0.15) is 0 Å². The van der Waals surface area contributed by atoms with E-state index in [0.717, 1.165) is 0 Å². The van der Waals surface area contributed by atoms with Crippen LogP contribution in [0.25, 0.3) is 0 Å². The van der Waals surface area contributed by atoms with Crippen molar-refractivity contribution >= 4 is 31.3 Å². The van der Waals surface area contributed by atoms with Crippen molar-refractivity contribution in [3.63, 3.8) is 0 Å². The fourth-order valence-electron chi connectivity index (χ4n) is 0.284. The molecule has 0 radical (unpaired) electrons. The average molecular weight is 418 g/mol. The molecule has 0 bridgehead atoms. The van der Waals surface area contributed by atoms with E-state index in [2.05, 4.69) is 8.62 Å². The smallest absolute Gasteiger partial charge is 0.394 e. The normalized spacial score (nSPS) is 12.6. The summed E-state index contributed by atoms with van der Waals surface area (Å²) in [6, 6.07) is 0. The second-order valence-corrected chi connectivity index (χ2v) is 7.81. The Balaban J connectivity index is -0.000000330. The van der Waals surface area contributed by atoms with Gasteiger partial charge in [0.2, 0.25) is 0 Å². The van der Waals surface area contributed by atoms with Gasteiger partial charge >= 0.3 is 31.3 Å². The maximum Gasteiger partial charge on any atom is 0.490 e. The summed E-state index contributed by atoms with van der Waals surface area (Å²) < 4.78 is 45.3. The van der Waals surface area contributed by atoms with Gasteiger partial charge in [0.1, 0.15) is 0 Å². The molecule has 0 fully saturated rings. The zero-order valence-corrected chi connectivity index (χ0v) is 13.7. The molecule has 0 aromatic heterocycles. The van der Waals surface area contributed by atoms with E-state index in [-0.39, 0.29) is 13.2 Å². The lowest BCUT2D eigenvalue weighted by molar-refractivity contribution is 0.186. The minimum absolute atomic E-state index is 0.125. The summed E-state index contributed by atoms with van der Waals surface area (Å²) in [6.07, 6.45) is 0. The average Bonchev–Trinajstić information content (AvgIpc) is 2.06. The van der Waals surface area contributed by atoms with Crippen molar-refractivity contribution in [1.82, 2.24) is 0 Å². The molecule has 0 atom stereocenters. The van der Waals surface area contributed by atoms with E-state index in [0.29, 0.717) is 0 Å². The minimum Gasteiger partial charge on any atom is -0.394 e. The summed E-state index contributed by atoms with van der Waals surface area (Å²) in [7, 11) is -20.8. The fourth-order valence-corrected chi connectivity index (χ4v) is 2.82. The summed E-state index contributed by atoms with van der Waals surface area (Å²) in [5.41, 5.74) is 0. The molecule has 0 rings (SSSR count). The fraction of sp³-hybridized carbons (Fsp3) is 1.00. The van der Waals surface area contributed by atoms with Crippen LogP contribution in [0.3, 0.4) is 0 Å². The van der Waals surface area contributed by atoms with Gasteiger partial charge in [-0.3, -0.25) is 0 Å². The molecule has 0 amide bonds. The molecule has 0 aromatic carbocycles. The maximum absolute atomic E-state index is 10.4. The first-order chi connectivity index (χ1) is 9.33. The summed E-state index contributed by atoms with van der Waals surface area (Å²) in [4.78, 5) is 61.8. The van der Waals surface area contributed by atoms with Crippen LogP contribution in [0.5, 0.6) is 0 Å². The Kier molecular flexibility index (Phi) is 13.7. The van der Waals surface area contributed by atoms with Crippen LogP contribution in [0, 0.1) is 0 Å². The number of hydrogen-bond donors (Lipinski definition) is 10. The molecule has 0 saturated carbocycles. The highest BCUT2D eigenvalue weighted by molar-refractivity contribution is 7.66. The Labute approximate surface area is 121 Å². The van der Waals surface area contributed by atoms with Gasteiger partial charge < -0.3 is 49.4 Å². The third-order valence-electron chi connectivity index (χ3n) is 0.519. The molecule has 0 aliphatic heterocycles. The quantitative estimate of drug-likeness (QED) is 0.204. The molecule has 0 unspecified atom stereocenters. The van der Waals surface area contributed by atoms with Crippen LogP contribution in [0.2, 0.25) is 0 Å². The molecule has 0 spiro atoms. The standard InChI is InChI=1S/C2H6O2.H5O10P3.H3O4P/c3-1-2-4;1-11(2,3)9-13(7,8)10-12(4,5)6;1-5(2,3)4/h3-4H,1-2H2;(H,7,8)(H2,1,2,3)(H2,4,5,6);(H3,1,2,3,4). The van der Waals surface area contributed by atoms with Crippen molar-refractivity contribution in [3.8, 4) is 0 Å². The van der Waals surface area contributed by atoms with Crippen molar-refractivity contribution in [2.45, 2.75) is 0 Å². The lowest BCUT2D eigenvalue weighted by atomic mass is 10.8. The Morgan fingerprint density at radius 3 is 0.864 bits per heavy atom. The molecule has 0 heterocycles. The maximum atomic E-state index is 10.4. The lowest BCUT2D eigenvalue weighted by Gasteiger charge is -2.11. The number of hydrogen-bond acceptors (Lipinski definition) is 8.